The van der Waals surface area contributed by atoms with E-state index in [2.05, 4.69) is 10.3 Å². The fourth-order valence-corrected chi connectivity index (χ4v) is 2.11. The highest BCUT2D eigenvalue weighted by atomic mass is 16.6. The first kappa shape index (κ1) is 13.7. The Labute approximate surface area is 111 Å². The van der Waals surface area contributed by atoms with E-state index in [1.807, 2.05) is 0 Å². The first-order valence-electron chi connectivity index (χ1n) is 6.18. The number of methoxy groups -OCH3 is 1. The van der Waals surface area contributed by atoms with Gasteiger partial charge < -0.3 is 14.8 Å². The van der Waals surface area contributed by atoms with E-state index < -0.39 is 4.92 Å². The largest absolute Gasteiger partial charge is 0.382 e. The standard InChI is InChI=1S/C12H17N3O4/c1-18-8-10(11-3-2-6-19-11)14-12-5-4-9(7-13-12)15(16)17/h4-5,7,10-11H,2-3,6,8H2,1H3,(H,13,14)/t10-,11-/m1/s1. The molecule has 1 saturated heterocycles. The summed E-state index contributed by atoms with van der Waals surface area (Å²) < 4.78 is 10.8. The minimum atomic E-state index is -0.469. The minimum absolute atomic E-state index is 0.00135. The second-order valence-corrected chi connectivity index (χ2v) is 4.42. The molecule has 1 fully saturated rings. The van der Waals surface area contributed by atoms with Crippen LogP contribution in [0.1, 0.15) is 12.8 Å². The maximum absolute atomic E-state index is 10.6. The molecule has 2 heterocycles. The zero-order chi connectivity index (χ0) is 13.7. The number of rotatable bonds is 6. The number of nitro groups is 1. The second-order valence-electron chi connectivity index (χ2n) is 4.42. The third-order valence-corrected chi connectivity index (χ3v) is 3.05. The smallest absolute Gasteiger partial charge is 0.287 e. The van der Waals surface area contributed by atoms with Crippen molar-refractivity contribution in [2.24, 2.45) is 0 Å². The molecule has 19 heavy (non-hydrogen) atoms. The zero-order valence-corrected chi connectivity index (χ0v) is 10.7. The molecule has 1 aromatic rings. The number of hydrogen-bond acceptors (Lipinski definition) is 6. The zero-order valence-electron chi connectivity index (χ0n) is 10.7. The van der Waals surface area contributed by atoms with Gasteiger partial charge in [-0.25, -0.2) is 4.98 Å². The average Bonchev–Trinajstić information content (AvgIpc) is 2.92. The van der Waals surface area contributed by atoms with Crippen molar-refractivity contribution in [3.8, 4) is 0 Å². The third-order valence-electron chi connectivity index (χ3n) is 3.05. The van der Waals surface area contributed by atoms with Crippen molar-refractivity contribution in [1.82, 2.24) is 4.98 Å². The lowest BCUT2D eigenvalue weighted by Gasteiger charge is -2.23. The Morgan fingerprint density at radius 3 is 3.05 bits per heavy atom. The maximum atomic E-state index is 10.6. The van der Waals surface area contributed by atoms with Crippen molar-refractivity contribution >= 4 is 11.5 Å². The highest BCUT2D eigenvalue weighted by molar-refractivity contribution is 5.41. The van der Waals surface area contributed by atoms with Crippen molar-refractivity contribution in [3.05, 3.63) is 28.4 Å². The molecule has 2 atom stereocenters. The molecule has 0 unspecified atom stereocenters. The van der Waals surface area contributed by atoms with Gasteiger partial charge in [0, 0.05) is 19.8 Å². The number of hydrogen-bond donors (Lipinski definition) is 1. The fourth-order valence-electron chi connectivity index (χ4n) is 2.11. The molecule has 0 amide bonds. The second kappa shape index (κ2) is 6.44. The van der Waals surface area contributed by atoms with Gasteiger partial charge in [0.25, 0.3) is 5.69 Å². The Morgan fingerprint density at radius 2 is 2.53 bits per heavy atom. The van der Waals surface area contributed by atoms with E-state index in [1.54, 1.807) is 13.2 Å². The topological polar surface area (TPSA) is 86.5 Å². The van der Waals surface area contributed by atoms with Crippen LogP contribution in [0, 0.1) is 10.1 Å². The van der Waals surface area contributed by atoms with Crippen molar-refractivity contribution in [1.29, 1.82) is 0 Å². The molecule has 0 aliphatic carbocycles. The summed E-state index contributed by atoms with van der Waals surface area (Å²) in [7, 11) is 1.63. The monoisotopic (exact) mass is 267 g/mol. The molecule has 104 valence electrons. The molecule has 0 bridgehead atoms. The van der Waals surface area contributed by atoms with E-state index in [9.17, 15) is 10.1 Å². The summed E-state index contributed by atoms with van der Waals surface area (Å²) in [6, 6.07) is 3.02. The average molecular weight is 267 g/mol. The molecule has 0 aromatic carbocycles. The van der Waals surface area contributed by atoms with Crippen LogP contribution in [0.4, 0.5) is 11.5 Å². The van der Waals surface area contributed by atoms with Gasteiger partial charge in [-0.05, 0) is 18.9 Å². The molecule has 0 radical (unpaired) electrons. The molecular weight excluding hydrogens is 250 g/mol. The summed E-state index contributed by atoms with van der Waals surface area (Å²) in [6.07, 6.45) is 3.35. The van der Waals surface area contributed by atoms with Gasteiger partial charge in [-0.15, -0.1) is 0 Å². The van der Waals surface area contributed by atoms with E-state index >= 15 is 0 Å². The first-order chi connectivity index (χ1) is 9.20. The number of ether oxygens (including phenoxy) is 2. The van der Waals surface area contributed by atoms with Gasteiger partial charge in [-0.1, -0.05) is 0 Å². The highest BCUT2D eigenvalue weighted by Gasteiger charge is 2.26. The Kier molecular flexibility index (Phi) is 4.64. The van der Waals surface area contributed by atoms with E-state index in [-0.39, 0.29) is 17.8 Å². The molecule has 1 aromatic heterocycles. The van der Waals surface area contributed by atoms with Crippen LogP contribution >= 0.6 is 0 Å². The summed E-state index contributed by atoms with van der Waals surface area (Å²) in [6.45, 7) is 1.27. The van der Waals surface area contributed by atoms with E-state index in [4.69, 9.17) is 9.47 Å². The van der Waals surface area contributed by atoms with Crippen LogP contribution in [0.5, 0.6) is 0 Å². The Morgan fingerprint density at radius 1 is 1.68 bits per heavy atom. The van der Waals surface area contributed by atoms with Crippen LogP contribution in [-0.4, -0.2) is 42.4 Å². The maximum Gasteiger partial charge on any atom is 0.287 e. The summed E-state index contributed by atoms with van der Waals surface area (Å²) in [5, 5.41) is 13.8. The van der Waals surface area contributed by atoms with Gasteiger partial charge >= 0.3 is 0 Å². The first-order valence-corrected chi connectivity index (χ1v) is 6.18. The quantitative estimate of drug-likeness (QED) is 0.622. The van der Waals surface area contributed by atoms with E-state index in [1.165, 1.54) is 12.3 Å². The lowest BCUT2D eigenvalue weighted by molar-refractivity contribution is -0.385. The van der Waals surface area contributed by atoms with Crippen molar-refractivity contribution in [3.63, 3.8) is 0 Å². The van der Waals surface area contributed by atoms with E-state index in [0.717, 1.165) is 19.4 Å². The van der Waals surface area contributed by atoms with Crippen molar-refractivity contribution in [2.75, 3.05) is 25.6 Å². The van der Waals surface area contributed by atoms with Crippen LogP contribution in [0.3, 0.4) is 0 Å². The Balaban J connectivity index is 2.01. The number of nitrogens with zero attached hydrogens (tertiary/aromatic N) is 2. The molecule has 2 rings (SSSR count). The van der Waals surface area contributed by atoms with Gasteiger partial charge in [-0.2, -0.15) is 0 Å². The van der Waals surface area contributed by atoms with Crippen molar-refractivity contribution < 1.29 is 14.4 Å². The molecule has 7 nitrogen and oxygen atoms in total. The normalized spacial score (nSPS) is 20.2. The molecule has 1 aliphatic rings. The molecule has 7 heteroatoms. The van der Waals surface area contributed by atoms with Gasteiger partial charge in [0.15, 0.2) is 0 Å². The van der Waals surface area contributed by atoms with Crippen molar-refractivity contribution in [2.45, 2.75) is 25.0 Å². The van der Waals surface area contributed by atoms with Crippen LogP contribution in [-0.2, 0) is 9.47 Å². The molecule has 0 spiro atoms. The molecule has 0 saturated carbocycles. The molecule has 1 N–H and O–H groups in total. The predicted octanol–water partition coefficient (Wildman–Crippen LogP) is 1.60. The summed E-state index contributed by atoms with van der Waals surface area (Å²) in [4.78, 5) is 14.1. The van der Waals surface area contributed by atoms with Crippen LogP contribution in [0.15, 0.2) is 18.3 Å². The lowest BCUT2D eigenvalue weighted by atomic mass is 10.1. The Bertz CT molecular complexity index is 417. The van der Waals surface area contributed by atoms with Gasteiger partial charge in [0.05, 0.1) is 23.7 Å². The summed E-state index contributed by atoms with van der Waals surface area (Å²) in [5.41, 5.74) is -0.0223. The Hall–Kier alpha value is -1.73. The number of anilines is 1. The highest BCUT2D eigenvalue weighted by Crippen LogP contribution is 2.19. The fraction of sp³-hybridized carbons (Fsp3) is 0.583. The molecule has 1 aliphatic heterocycles. The van der Waals surface area contributed by atoms with Crippen LogP contribution in [0.2, 0.25) is 0 Å². The van der Waals surface area contributed by atoms with Gasteiger partial charge in [-0.3, -0.25) is 10.1 Å². The number of nitrogens with one attached hydrogen (secondary N) is 1. The van der Waals surface area contributed by atoms with E-state index in [0.29, 0.717) is 12.4 Å². The molecular formula is C12H17N3O4. The van der Waals surface area contributed by atoms with Crippen LogP contribution in [0.25, 0.3) is 0 Å². The van der Waals surface area contributed by atoms with Crippen LogP contribution < -0.4 is 5.32 Å². The third kappa shape index (κ3) is 3.62. The SMILES string of the molecule is COC[C@@H](Nc1ccc([N+](=O)[O-])cn1)[C@H]1CCCO1. The van der Waals surface area contributed by atoms with Gasteiger partial charge in [0.1, 0.15) is 12.0 Å². The van der Waals surface area contributed by atoms with Gasteiger partial charge in [0.2, 0.25) is 0 Å². The number of pyridine rings is 1. The lowest BCUT2D eigenvalue weighted by Crippen LogP contribution is -2.37. The summed E-state index contributed by atoms with van der Waals surface area (Å²) in [5.74, 6) is 0.586. The number of aromatic nitrogens is 1. The summed E-state index contributed by atoms with van der Waals surface area (Å²) >= 11 is 0. The minimum Gasteiger partial charge on any atom is -0.382 e. The predicted molar refractivity (Wildman–Crippen MR) is 69.2 cm³/mol.